The molecule has 4 aromatic rings. The third-order valence-corrected chi connectivity index (χ3v) is 6.17. The predicted molar refractivity (Wildman–Crippen MR) is 130 cm³/mol. The third-order valence-electron chi connectivity index (χ3n) is 5.86. The summed E-state index contributed by atoms with van der Waals surface area (Å²) in [6.45, 7) is 1.70. The van der Waals surface area contributed by atoms with Crippen LogP contribution < -0.4 is 10.2 Å². The molecular formula is C26H20FN3O3S. The van der Waals surface area contributed by atoms with E-state index in [-0.39, 0.29) is 17.4 Å². The molecule has 0 spiro atoms. The zero-order chi connectivity index (χ0) is 23.8. The van der Waals surface area contributed by atoms with Crippen molar-refractivity contribution in [2.75, 3.05) is 4.90 Å². The van der Waals surface area contributed by atoms with Gasteiger partial charge >= 0.3 is 5.97 Å². The first-order valence-corrected chi connectivity index (χ1v) is 11.0. The maximum absolute atomic E-state index is 14.0. The van der Waals surface area contributed by atoms with Gasteiger partial charge in [0, 0.05) is 17.4 Å². The third kappa shape index (κ3) is 3.82. The second-order valence-corrected chi connectivity index (χ2v) is 8.37. The van der Waals surface area contributed by atoms with E-state index in [1.165, 1.54) is 12.1 Å². The molecule has 6 nitrogen and oxygen atoms in total. The Hall–Kier alpha value is -4.04. The largest absolute Gasteiger partial charge is 0.478 e. The SMILES string of the molecule is Cc1cc(N2C(=S)N[C@@H](c3ccccn3)[C@@H]2c2ccc(-c3ccccc3C(=O)O)o2)ccc1F. The molecule has 0 saturated carbocycles. The molecule has 0 bridgehead atoms. The van der Waals surface area contributed by atoms with Gasteiger partial charge in [-0.1, -0.05) is 24.3 Å². The van der Waals surface area contributed by atoms with Gasteiger partial charge in [-0.05, 0) is 73.2 Å². The number of hydrogen-bond acceptors (Lipinski definition) is 4. The van der Waals surface area contributed by atoms with E-state index in [2.05, 4.69) is 10.3 Å². The van der Waals surface area contributed by atoms with Crippen LogP contribution in [-0.4, -0.2) is 21.2 Å². The number of thiocarbonyl (C=S) groups is 1. The van der Waals surface area contributed by atoms with E-state index in [0.717, 1.165) is 5.69 Å². The quantitative estimate of drug-likeness (QED) is 0.362. The second-order valence-electron chi connectivity index (χ2n) is 7.98. The van der Waals surface area contributed by atoms with Gasteiger partial charge in [0.2, 0.25) is 0 Å². The molecule has 1 aliphatic heterocycles. The summed E-state index contributed by atoms with van der Waals surface area (Å²) in [4.78, 5) is 18.1. The van der Waals surface area contributed by atoms with Gasteiger partial charge in [-0.15, -0.1) is 0 Å². The van der Waals surface area contributed by atoms with Gasteiger partial charge in [-0.25, -0.2) is 9.18 Å². The number of benzene rings is 2. The number of nitrogens with one attached hydrogen (secondary N) is 1. The van der Waals surface area contributed by atoms with E-state index in [4.69, 9.17) is 16.6 Å². The monoisotopic (exact) mass is 473 g/mol. The van der Waals surface area contributed by atoms with Gasteiger partial charge in [0.25, 0.3) is 0 Å². The van der Waals surface area contributed by atoms with E-state index in [0.29, 0.717) is 33.4 Å². The molecule has 1 saturated heterocycles. The van der Waals surface area contributed by atoms with Crippen molar-refractivity contribution < 1.29 is 18.7 Å². The van der Waals surface area contributed by atoms with E-state index in [1.54, 1.807) is 49.5 Å². The zero-order valence-corrected chi connectivity index (χ0v) is 18.9. The maximum Gasteiger partial charge on any atom is 0.336 e. The van der Waals surface area contributed by atoms with Gasteiger partial charge in [0.05, 0.1) is 17.3 Å². The van der Waals surface area contributed by atoms with E-state index in [1.807, 2.05) is 29.2 Å². The predicted octanol–water partition coefficient (Wildman–Crippen LogP) is 5.66. The Morgan fingerprint density at radius 3 is 2.65 bits per heavy atom. The normalized spacial score (nSPS) is 17.6. The average Bonchev–Trinajstić information content (AvgIpc) is 3.46. The lowest BCUT2D eigenvalue weighted by Gasteiger charge is -2.26. The number of furan rings is 1. The summed E-state index contributed by atoms with van der Waals surface area (Å²) in [5, 5.41) is 13.4. The van der Waals surface area contributed by atoms with Crippen LogP contribution in [0.5, 0.6) is 0 Å². The van der Waals surface area contributed by atoms with E-state index >= 15 is 0 Å². The number of anilines is 1. The minimum Gasteiger partial charge on any atom is -0.478 e. The summed E-state index contributed by atoms with van der Waals surface area (Å²) in [5.74, 6) is -0.335. The molecule has 1 aliphatic rings. The standard InChI is InChI=1S/C26H20FN3O3S/c1-15-14-16(9-10-19(15)27)30-24(23(29-26(30)34)20-8-4-5-13-28-20)22-12-11-21(33-22)17-6-2-3-7-18(17)25(31)32/h2-14,23-24H,1H3,(H,29,34)(H,31,32)/t23-,24-/m0/s1. The zero-order valence-electron chi connectivity index (χ0n) is 18.1. The van der Waals surface area contributed by atoms with E-state index in [9.17, 15) is 14.3 Å². The van der Waals surface area contributed by atoms with Crippen LogP contribution in [0.1, 0.15) is 39.5 Å². The minimum atomic E-state index is -1.04. The highest BCUT2D eigenvalue weighted by molar-refractivity contribution is 7.80. The summed E-state index contributed by atoms with van der Waals surface area (Å²) in [5.41, 5.74) is 2.60. The Kier molecular flexibility index (Phi) is 5.59. The van der Waals surface area contributed by atoms with Crippen LogP contribution >= 0.6 is 12.2 Å². The highest BCUT2D eigenvalue weighted by atomic mass is 32.1. The van der Waals surface area contributed by atoms with Gasteiger partial charge in [0.15, 0.2) is 5.11 Å². The topological polar surface area (TPSA) is 78.6 Å². The number of rotatable bonds is 5. The highest BCUT2D eigenvalue weighted by Crippen LogP contribution is 2.43. The number of hydrogen-bond donors (Lipinski definition) is 2. The fourth-order valence-corrected chi connectivity index (χ4v) is 4.59. The average molecular weight is 474 g/mol. The van der Waals surface area contributed by atoms with Crippen molar-refractivity contribution in [3.63, 3.8) is 0 Å². The van der Waals surface area contributed by atoms with Crippen molar-refractivity contribution in [1.82, 2.24) is 10.3 Å². The molecule has 1 fully saturated rings. The lowest BCUT2D eigenvalue weighted by atomic mass is 10.0. The van der Waals surface area contributed by atoms with Crippen LogP contribution in [0.4, 0.5) is 10.1 Å². The molecule has 0 amide bonds. The van der Waals surface area contributed by atoms with Crippen molar-refractivity contribution in [3.8, 4) is 11.3 Å². The maximum atomic E-state index is 14.0. The summed E-state index contributed by atoms with van der Waals surface area (Å²) < 4.78 is 20.2. The van der Waals surface area contributed by atoms with Gasteiger partial charge in [-0.2, -0.15) is 0 Å². The highest BCUT2D eigenvalue weighted by Gasteiger charge is 2.42. The first-order valence-electron chi connectivity index (χ1n) is 10.6. The molecule has 2 N–H and O–H groups in total. The van der Waals surface area contributed by atoms with Gasteiger partial charge in [0.1, 0.15) is 23.4 Å². The Morgan fingerprint density at radius 2 is 1.91 bits per heavy atom. The van der Waals surface area contributed by atoms with Crippen molar-refractivity contribution in [1.29, 1.82) is 0 Å². The Morgan fingerprint density at radius 1 is 1.12 bits per heavy atom. The number of aromatic nitrogens is 1. The van der Waals surface area contributed by atoms with Crippen LogP contribution in [-0.2, 0) is 0 Å². The number of halogens is 1. The van der Waals surface area contributed by atoms with E-state index < -0.39 is 12.0 Å². The molecule has 0 radical (unpaired) electrons. The number of pyridine rings is 1. The molecule has 8 heteroatoms. The molecule has 0 aliphatic carbocycles. The molecule has 5 rings (SSSR count). The Balaban J connectivity index is 1.63. The summed E-state index contributed by atoms with van der Waals surface area (Å²) in [6, 6.07) is 19.9. The van der Waals surface area contributed by atoms with Crippen LogP contribution in [0.2, 0.25) is 0 Å². The van der Waals surface area contributed by atoms with Crippen LogP contribution in [0.15, 0.2) is 83.4 Å². The fraction of sp³-hybridized carbons (Fsp3) is 0.115. The summed E-state index contributed by atoms with van der Waals surface area (Å²) >= 11 is 5.68. The van der Waals surface area contributed by atoms with Crippen LogP contribution in [0, 0.1) is 12.7 Å². The second kappa shape index (κ2) is 8.72. The number of aromatic carboxylic acids is 1. The van der Waals surface area contributed by atoms with Gasteiger partial charge < -0.3 is 19.7 Å². The van der Waals surface area contributed by atoms with Gasteiger partial charge in [-0.3, -0.25) is 4.98 Å². The number of carboxylic acids is 1. The van der Waals surface area contributed by atoms with Crippen LogP contribution in [0.25, 0.3) is 11.3 Å². The van der Waals surface area contributed by atoms with Crippen molar-refractivity contribution >= 4 is 29.0 Å². The number of nitrogens with zero attached hydrogens (tertiary/aromatic N) is 2. The number of carboxylic acid groups (broad SMARTS) is 1. The van der Waals surface area contributed by atoms with Crippen molar-refractivity contribution in [2.24, 2.45) is 0 Å². The molecule has 2 aromatic carbocycles. The molecule has 0 unspecified atom stereocenters. The summed E-state index contributed by atoms with van der Waals surface area (Å²) in [6.07, 6.45) is 1.71. The molecule has 34 heavy (non-hydrogen) atoms. The lowest BCUT2D eigenvalue weighted by molar-refractivity contribution is 0.0697. The fourth-order valence-electron chi connectivity index (χ4n) is 4.24. The smallest absolute Gasteiger partial charge is 0.336 e. The molecule has 170 valence electrons. The summed E-state index contributed by atoms with van der Waals surface area (Å²) in [7, 11) is 0. The molecule has 3 heterocycles. The van der Waals surface area contributed by atoms with Crippen LogP contribution in [0.3, 0.4) is 0 Å². The first-order chi connectivity index (χ1) is 16.4. The number of carbonyl (C=O) groups is 1. The molecular weight excluding hydrogens is 453 g/mol. The Labute approximate surface area is 200 Å². The molecule has 2 aromatic heterocycles. The number of aryl methyl sites for hydroxylation is 1. The molecule has 2 atom stereocenters. The Bertz CT molecular complexity index is 1390. The minimum absolute atomic E-state index is 0.149. The van der Waals surface area contributed by atoms with Crippen molar-refractivity contribution in [3.05, 3.63) is 107 Å². The van der Waals surface area contributed by atoms with Crippen molar-refractivity contribution in [2.45, 2.75) is 19.0 Å². The first kappa shape index (κ1) is 21.8. The lowest BCUT2D eigenvalue weighted by Crippen LogP contribution is -2.29.